The maximum absolute atomic E-state index is 13.4. The van der Waals surface area contributed by atoms with Crippen LogP contribution in [0.5, 0.6) is 11.5 Å². The van der Waals surface area contributed by atoms with Gasteiger partial charge in [0, 0.05) is 134 Å². The molecule has 4 unspecified atom stereocenters. The molecular weight excluding hydrogens is 1510 g/mol. The molecule has 20 heteroatoms. The van der Waals surface area contributed by atoms with E-state index in [1.807, 2.05) is 95.0 Å². The van der Waals surface area contributed by atoms with Gasteiger partial charge in [0.05, 0.1) is 54.1 Å². The Kier molecular flexibility index (Phi) is 24.8. The lowest BCUT2D eigenvalue weighted by Crippen LogP contribution is -3.00. The molecule has 8 aromatic rings. The van der Waals surface area contributed by atoms with E-state index in [4.69, 9.17) is 44.3 Å². The number of piperidine rings is 3. The zero-order chi connectivity index (χ0) is 64.2. The van der Waals surface area contributed by atoms with Gasteiger partial charge in [-0.2, -0.15) is 4.57 Å². The number of fused-ring (bicyclic) bond motifs is 8. The highest BCUT2D eigenvalue weighted by atomic mass is 79.9. The number of halogens is 7. The fraction of sp³-hybridized carbons (Fsp3) is 0.392. The van der Waals surface area contributed by atoms with Crippen molar-refractivity contribution in [3.63, 3.8) is 0 Å². The molecule has 6 aliphatic rings. The molecule has 3 fully saturated rings. The van der Waals surface area contributed by atoms with Gasteiger partial charge in [0.1, 0.15) is 41.8 Å². The van der Waals surface area contributed by atoms with Gasteiger partial charge in [-0.3, -0.25) is 29.4 Å². The number of alkyl halides is 1. The number of carbonyl (C=O) groups excluding carboxylic acids is 2. The van der Waals surface area contributed by atoms with Gasteiger partial charge in [0.25, 0.3) is 0 Å². The van der Waals surface area contributed by atoms with E-state index in [-0.39, 0.29) is 83.7 Å². The van der Waals surface area contributed by atoms with Crippen LogP contribution < -0.4 is 57.8 Å². The number of aryl methyl sites for hydroxylation is 1. The molecule has 3 saturated heterocycles. The van der Waals surface area contributed by atoms with Crippen molar-refractivity contribution in [1.29, 1.82) is 0 Å². The second-order valence-corrected chi connectivity index (χ2v) is 29.5. The van der Waals surface area contributed by atoms with Gasteiger partial charge < -0.3 is 53.0 Å². The average molecular weight is 1590 g/mol. The molecule has 3 aromatic carbocycles. The third-order valence-electron chi connectivity index (χ3n) is 18.8. The fourth-order valence-corrected chi connectivity index (χ4v) is 15.9. The van der Waals surface area contributed by atoms with Crippen LogP contribution in [-0.4, -0.2) is 85.8 Å². The number of methoxy groups -OCH3 is 2. The molecule has 10 heterocycles. The molecule has 13 nitrogen and oxygen atoms in total. The summed E-state index contributed by atoms with van der Waals surface area (Å²) in [4.78, 5) is 47.9. The molecule has 2 amide bonds. The van der Waals surface area contributed by atoms with Crippen LogP contribution >= 0.6 is 66.7 Å². The summed E-state index contributed by atoms with van der Waals surface area (Å²) >= 11 is 25.7. The Morgan fingerprint density at radius 1 is 0.798 bits per heavy atom. The van der Waals surface area contributed by atoms with Gasteiger partial charge in [-0.25, -0.2) is 9.97 Å². The molecule has 94 heavy (non-hydrogen) atoms. The van der Waals surface area contributed by atoms with E-state index in [1.165, 1.54) is 16.7 Å². The van der Waals surface area contributed by atoms with Gasteiger partial charge in [-0.1, -0.05) is 99.8 Å². The summed E-state index contributed by atoms with van der Waals surface area (Å²) in [6.07, 6.45) is 14.2. The molecule has 1 aliphatic carbocycles. The van der Waals surface area contributed by atoms with Crippen molar-refractivity contribution in [2.75, 3.05) is 37.1 Å². The van der Waals surface area contributed by atoms with Crippen LogP contribution in [-0.2, 0) is 53.2 Å². The maximum atomic E-state index is 13.4. The summed E-state index contributed by atoms with van der Waals surface area (Å²) in [7, 11) is 3.41. The van der Waals surface area contributed by atoms with E-state index in [1.54, 1.807) is 43.9 Å². The lowest BCUT2D eigenvalue weighted by Gasteiger charge is -2.58. The molecule has 2 bridgehead atoms. The predicted molar refractivity (Wildman–Crippen MR) is 378 cm³/mol. The van der Waals surface area contributed by atoms with E-state index in [2.05, 4.69) is 131 Å². The first kappa shape index (κ1) is 76.0. The van der Waals surface area contributed by atoms with Crippen molar-refractivity contribution in [2.24, 2.45) is 11.8 Å². The largest absolute Gasteiger partial charge is 1.00 e. The quantitative estimate of drug-likeness (QED) is 0.0549. The number of amides is 2. The van der Waals surface area contributed by atoms with Crippen molar-refractivity contribution in [3.05, 3.63) is 216 Å². The second-order valence-electron chi connectivity index (χ2n) is 26.6. The van der Waals surface area contributed by atoms with E-state index < -0.39 is 11.5 Å². The van der Waals surface area contributed by atoms with E-state index in [0.717, 1.165) is 126 Å². The van der Waals surface area contributed by atoms with Crippen LogP contribution in [0.2, 0.25) is 10.0 Å². The number of nitrogens with zero attached hydrogens (tertiary/aromatic N) is 8. The van der Waals surface area contributed by atoms with Crippen LogP contribution in [0.3, 0.4) is 0 Å². The Labute approximate surface area is 608 Å². The van der Waals surface area contributed by atoms with Crippen LogP contribution in [0, 0.1) is 18.8 Å². The van der Waals surface area contributed by atoms with Gasteiger partial charge >= 0.3 is 0 Å². The standard InChI is InChI=1S/C36H40Br2N2O3.C18H19Cl2N3O.C18H18ClN3O.2CH4.2BrH/c1-5-24-21-40(22-27-17-28(42-3)7-10-33(27)38)15-13-25(24)18-35(40)36(41)30-12-14-39(20-26-16-23(2)6-9-32(26)37)34-11-8-29(43-4)19-31(30)34;1-18(2,3)23-16-13(5-4-6-21-16)14(17(23)24)8-15-11(9-19)7-12(20)10-22-15;1-17(2,3)22-15-13(5-4-6-20-15)18(16(22)23)8-11-7-12(19)10-21-14(11)9-18;;;;/h5-12,14,16-17,19,24-25,35-36,41H,1,13,15,18,20-22H2,2-4H3;4-7,10,14H,8-9H2,1-3H3;4-7,10H,8-9H2,1-3H3;2*1H4;2*1H/q+2;;;;;;/p-2/t24-,25?,35?,36+,40?;;18-;;;;/m1.0..../s1. The Morgan fingerprint density at radius 2 is 1.45 bits per heavy atom. The van der Waals surface area contributed by atoms with Crippen molar-refractivity contribution in [3.8, 4) is 11.5 Å². The van der Waals surface area contributed by atoms with Crippen LogP contribution in [0.25, 0.3) is 10.9 Å². The number of aromatic nitrogens is 5. The number of benzene rings is 3. The van der Waals surface area contributed by atoms with Gasteiger partial charge in [0.2, 0.25) is 17.3 Å². The Bertz CT molecular complexity index is 4090. The van der Waals surface area contributed by atoms with Crippen molar-refractivity contribution < 1.29 is 67.2 Å². The monoisotopic (exact) mass is 1590 g/mol. The highest BCUT2D eigenvalue weighted by Crippen LogP contribution is 2.52. The number of aliphatic hydroxyl groups is 1. The summed E-state index contributed by atoms with van der Waals surface area (Å²) in [6.45, 7) is 22.0. The summed E-state index contributed by atoms with van der Waals surface area (Å²) in [5, 5.41) is 14.6. The van der Waals surface area contributed by atoms with Gasteiger partial charge in [-0.05, 0) is 139 Å². The number of quaternary nitrogens is 1. The molecule has 1 N–H and O–H groups in total. The number of rotatable bonds is 12. The lowest BCUT2D eigenvalue weighted by atomic mass is 9.71. The molecule has 5 aromatic heterocycles. The molecule has 14 rings (SSSR count). The predicted octanol–water partition coefficient (Wildman–Crippen LogP) is 10.6. The van der Waals surface area contributed by atoms with Crippen LogP contribution in [0.15, 0.2) is 150 Å². The third kappa shape index (κ3) is 14.9. The zero-order valence-corrected chi connectivity index (χ0v) is 61.8. The SMILES string of the molecule is C.C.C=C[C@@H]1C[N+]2(Cc3cc(OC)ccc3Br)CCC1CC2[C@@H](O)c1cc[n+](Cc2cc(C)ccc2Br)c2ccc(OC)cc12.CC(C)(C)N1C(=O)C(Cc2ncc(Cl)cc2CCl)c2cccnc21.CC(C)(C)N1C(=O)[C@]2(Cc3cc(Cl)cnc3C2)c2cccnc21.[Br-].[Br-]. The minimum atomic E-state index is -0.632. The lowest BCUT2D eigenvalue weighted by molar-refractivity contribution is -0.985. The smallest absolute Gasteiger partial charge is 0.240 e. The highest BCUT2D eigenvalue weighted by molar-refractivity contribution is 9.10. The third-order valence-corrected chi connectivity index (χ3v) is 21.1. The molecule has 0 radical (unpaired) electrons. The molecule has 5 aliphatic heterocycles. The molecule has 1 spiro atoms. The minimum Gasteiger partial charge on any atom is -1.00 e. The molecule has 500 valence electrons. The number of hydrogen-bond donors (Lipinski definition) is 1. The van der Waals surface area contributed by atoms with E-state index in [0.29, 0.717) is 47.0 Å². The van der Waals surface area contributed by atoms with Gasteiger partial charge in [0.15, 0.2) is 12.7 Å². The first-order valence-electron chi connectivity index (χ1n) is 30.6. The summed E-state index contributed by atoms with van der Waals surface area (Å²) in [5.74, 6) is 4.33. The number of ether oxygens (including phenoxy) is 2. The number of pyridine rings is 5. The summed E-state index contributed by atoms with van der Waals surface area (Å²) in [6, 6.07) is 32.6. The average Bonchev–Trinajstić information content (AvgIpc) is 1.47. The van der Waals surface area contributed by atoms with Gasteiger partial charge in [-0.15, -0.1) is 18.2 Å². The number of carbonyl (C=O) groups is 2. The first-order chi connectivity index (χ1) is 42.9. The number of aliphatic hydroxyl groups excluding tert-OH is 1. The van der Waals surface area contributed by atoms with Crippen LogP contribution in [0.1, 0.15) is 137 Å². The molecule has 7 atom stereocenters. The molecule has 0 saturated carbocycles. The first-order valence-corrected chi connectivity index (χ1v) is 33.4. The topological polar surface area (TPSA) is 135 Å². The highest BCUT2D eigenvalue weighted by Gasteiger charge is 2.58. The minimum absolute atomic E-state index is 0. The Balaban J connectivity index is 0.000000210. The number of hydrogen-bond acceptors (Lipinski definition) is 9. The van der Waals surface area contributed by atoms with Crippen molar-refractivity contribution in [1.82, 2.24) is 19.9 Å². The second kappa shape index (κ2) is 30.6. The van der Waals surface area contributed by atoms with E-state index in [9.17, 15) is 14.7 Å². The summed E-state index contributed by atoms with van der Waals surface area (Å²) in [5.41, 5.74) is 10.1. The maximum Gasteiger partial charge on any atom is 0.240 e. The zero-order valence-electron chi connectivity index (χ0n) is 53.2. The van der Waals surface area contributed by atoms with Crippen molar-refractivity contribution in [2.45, 2.75) is 149 Å². The number of anilines is 2. The van der Waals surface area contributed by atoms with E-state index >= 15 is 0 Å². The normalized spacial score (nSPS) is 20.8. The molecular formula is C74H85Br4Cl3N8O5. The Hall–Kier alpha value is -5.34. The summed E-state index contributed by atoms with van der Waals surface area (Å²) < 4.78 is 16.5. The fourth-order valence-electron chi connectivity index (χ4n) is 14.5. The Morgan fingerprint density at radius 3 is 2.14 bits per heavy atom. The van der Waals surface area contributed by atoms with Crippen molar-refractivity contribution >= 4 is 101 Å². The van der Waals surface area contributed by atoms with Crippen LogP contribution in [0.4, 0.5) is 11.6 Å².